The van der Waals surface area contributed by atoms with Gasteiger partial charge >= 0.3 is 0 Å². The molecule has 0 N–H and O–H groups in total. The van der Waals surface area contributed by atoms with Crippen molar-refractivity contribution >= 4 is 11.6 Å². The van der Waals surface area contributed by atoms with Gasteiger partial charge in [-0.3, -0.25) is 4.79 Å². The van der Waals surface area contributed by atoms with Crippen LogP contribution in [0, 0.1) is 6.92 Å². The van der Waals surface area contributed by atoms with Gasteiger partial charge in [0.15, 0.2) is 0 Å². The largest absolute Gasteiger partial charge is 0.470 e. The van der Waals surface area contributed by atoms with Gasteiger partial charge in [0.2, 0.25) is 5.65 Å². The van der Waals surface area contributed by atoms with Crippen LogP contribution < -0.4 is 4.74 Å². The summed E-state index contributed by atoms with van der Waals surface area (Å²) in [5.74, 6) is 0.431. The standard InChI is InChI=1S/C22H23N7O2/c1-15-13-27-12-11-23-21(20(27)26-15)31-17-8-7-16(2)28(14-17)22(30)18-5-3-4-6-19(18)29-24-9-10-25-29/h3-6,9-13,16-17H,7-8,14H2,1-2H3/t16-,17-/m1/s1. The zero-order valence-corrected chi connectivity index (χ0v) is 17.4. The lowest BCUT2D eigenvalue weighted by atomic mass is 9.99. The summed E-state index contributed by atoms with van der Waals surface area (Å²) in [4.78, 5) is 25.7. The summed E-state index contributed by atoms with van der Waals surface area (Å²) in [6.45, 7) is 4.48. The second-order valence-corrected chi connectivity index (χ2v) is 7.80. The highest BCUT2D eigenvalue weighted by atomic mass is 16.5. The Hall–Kier alpha value is -3.75. The van der Waals surface area contributed by atoms with Crippen LogP contribution in [0.1, 0.15) is 35.8 Å². The van der Waals surface area contributed by atoms with Crippen LogP contribution in [-0.4, -0.2) is 58.9 Å². The van der Waals surface area contributed by atoms with Crippen molar-refractivity contribution in [1.29, 1.82) is 0 Å². The van der Waals surface area contributed by atoms with Crippen LogP contribution in [0.5, 0.6) is 5.88 Å². The Morgan fingerprint density at radius 2 is 1.94 bits per heavy atom. The van der Waals surface area contributed by atoms with Gasteiger partial charge < -0.3 is 14.0 Å². The first-order valence-corrected chi connectivity index (χ1v) is 10.3. The molecule has 0 saturated carbocycles. The van der Waals surface area contributed by atoms with Crippen molar-refractivity contribution in [3.63, 3.8) is 0 Å². The molecule has 5 rings (SSSR count). The molecule has 0 bridgehead atoms. The molecule has 2 atom stereocenters. The Labute approximate surface area is 179 Å². The molecule has 0 unspecified atom stereocenters. The molecule has 1 aliphatic heterocycles. The molecule has 4 heterocycles. The quantitative estimate of drug-likeness (QED) is 0.507. The number of ether oxygens (including phenoxy) is 1. The van der Waals surface area contributed by atoms with Crippen LogP contribution >= 0.6 is 0 Å². The topological polar surface area (TPSA) is 90.4 Å². The first-order chi connectivity index (χ1) is 15.1. The van der Waals surface area contributed by atoms with Crippen LogP contribution in [0.3, 0.4) is 0 Å². The number of benzene rings is 1. The molecule has 3 aromatic heterocycles. The van der Waals surface area contributed by atoms with Crippen LogP contribution in [-0.2, 0) is 0 Å². The van der Waals surface area contributed by atoms with Crippen LogP contribution in [0.25, 0.3) is 11.3 Å². The van der Waals surface area contributed by atoms with E-state index in [0.717, 1.165) is 18.5 Å². The third kappa shape index (κ3) is 3.63. The Bertz CT molecular complexity index is 1220. The summed E-state index contributed by atoms with van der Waals surface area (Å²) in [6, 6.07) is 7.49. The van der Waals surface area contributed by atoms with E-state index in [1.807, 2.05) is 52.9 Å². The number of aromatic nitrogens is 6. The monoisotopic (exact) mass is 417 g/mol. The molecule has 1 aromatic carbocycles. The molecule has 9 heteroatoms. The van der Waals surface area contributed by atoms with E-state index < -0.39 is 0 Å². The Morgan fingerprint density at radius 1 is 1.13 bits per heavy atom. The highest BCUT2D eigenvalue weighted by molar-refractivity contribution is 5.98. The summed E-state index contributed by atoms with van der Waals surface area (Å²) in [7, 11) is 0. The van der Waals surface area contributed by atoms with E-state index >= 15 is 0 Å². The molecule has 4 aromatic rings. The number of hydrogen-bond acceptors (Lipinski definition) is 6. The molecular formula is C22H23N7O2. The van der Waals surface area contributed by atoms with E-state index in [2.05, 4.69) is 27.1 Å². The van der Waals surface area contributed by atoms with Crippen molar-refractivity contribution in [3.05, 3.63) is 66.5 Å². The first-order valence-electron chi connectivity index (χ1n) is 10.3. The first kappa shape index (κ1) is 19.2. The molecule has 1 aliphatic rings. The normalized spacial score (nSPS) is 19.0. The number of piperidine rings is 1. The molecule has 0 aliphatic carbocycles. The highest BCUT2D eigenvalue weighted by Crippen LogP contribution is 2.26. The fraction of sp³-hybridized carbons (Fsp3) is 0.318. The molecule has 0 spiro atoms. The van der Waals surface area contributed by atoms with Gasteiger partial charge in [0, 0.05) is 24.6 Å². The second-order valence-electron chi connectivity index (χ2n) is 7.80. The van der Waals surface area contributed by atoms with Crippen molar-refractivity contribution in [2.45, 2.75) is 38.8 Å². The second kappa shape index (κ2) is 7.82. The third-order valence-electron chi connectivity index (χ3n) is 5.61. The van der Waals surface area contributed by atoms with Crippen molar-refractivity contribution in [2.24, 2.45) is 0 Å². The van der Waals surface area contributed by atoms with Gasteiger partial charge in [0.1, 0.15) is 6.10 Å². The van der Waals surface area contributed by atoms with E-state index in [4.69, 9.17) is 4.74 Å². The number of para-hydroxylation sites is 1. The number of hydrogen-bond donors (Lipinski definition) is 0. The Kier molecular flexibility index (Phi) is 4.85. The smallest absolute Gasteiger partial charge is 0.258 e. The maximum atomic E-state index is 13.5. The predicted octanol–water partition coefficient (Wildman–Crippen LogP) is 2.69. The lowest BCUT2D eigenvalue weighted by Crippen LogP contribution is -2.49. The molecule has 1 fully saturated rings. The number of likely N-dealkylation sites (tertiary alicyclic amines) is 1. The van der Waals surface area contributed by atoms with Crippen molar-refractivity contribution in [3.8, 4) is 11.6 Å². The van der Waals surface area contributed by atoms with Gasteiger partial charge in [-0.05, 0) is 38.8 Å². The lowest BCUT2D eigenvalue weighted by Gasteiger charge is -2.38. The number of amides is 1. The SMILES string of the molecule is Cc1cn2ccnc(O[C@@H]3CC[C@@H](C)N(C(=O)c4ccccc4-n4nccn4)C3)c2n1. The van der Waals surface area contributed by atoms with E-state index in [-0.39, 0.29) is 18.1 Å². The van der Waals surface area contributed by atoms with E-state index in [1.54, 1.807) is 18.6 Å². The number of rotatable bonds is 4. The average Bonchev–Trinajstić information content (AvgIpc) is 3.44. The van der Waals surface area contributed by atoms with Crippen LogP contribution in [0.15, 0.2) is 55.2 Å². The average molecular weight is 417 g/mol. The predicted molar refractivity (Wildman–Crippen MR) is 113 cm³/mol. The zero-order chi connectivity index (χ0) is 21.4. The maximum absolute atomic E-state index is 13.5. The third-order valence-corrected chi connectivity index (χ3v) is 5.61. The molecule has 158 valence electrons. The Balaban J connectivity index is 1.40. The number of imidazole rings is 1. The van der Waals surface area contributed by atoms with E-state index in [9.17, 15) is 4.79 Å². The van der Waals surface area contributed by atoms with Gasteiger partial charge in [-0.25, -0.2) is 9.97 Å². The minimum absolute atomic E-state index is 0.0588. The van der Waals surface area contributed by atoms with Crippen molar-refractivity contribution in [2.75, 3.05) is 6.54 Å². The van der Waals surface area contributed by atoms with E-state index in [1.165, 1.54) is 4.80 Å². The summed E-state index contributed by atoms with van der Waals surface area (Å²) < 4.78 is 8.13. The summed E-state index contributed by atoms with van der Waals surface area (Å²) in [5, 5.41) is 8.38. The van der Waals surface area contributed by atoms with Gasteiger partial charge in [0.25, 0.3) is 11.8 Å². The summed E-state index contributed by atoms with van der Waals surface area (Å²) >= 11 is 0. The van der Waals surface area contributed by atoms with Gasteiger partial charge in [-0.2, -0.15) is 15.0 Å². The lowest BCUT2D eigenvalue weighted by molar-refractivity contribution is 0.0375. The van der Waals surface area contributed by atoms with Crippen molar-refractivity contribution < 1.29 is 9.53 Å². The summed E-state index contributed by atoms with van der Waals surface area (Å²) in [6.07, 6.45) is 10.2. The molecule has 1 saturated heterocycles. The molecular weight excluding hydrogens is 394 g/mol. The van der Waals surface area contributed by atoms with Crippen LogP contribution in [0.2, 0.25) is 0 Å². The van der Waals surface area contributed by atoms with Gasteiger partial charge in [-0.15, -0.1) is 0 Å². The number of carbonyl (C=O) groups is 1. The van der Waals surface area contributed by atoms with Crippen LogP contribution in [0.4, 0.5) is 0 Å². The molecule has 31 heavy (non-hydrogen) atoms. The van der Waals surface area contributed by atoms with Gasteiger partial charge in [-0.1, -0.05) is 12.1 Å². The van der Waals surface area contributed by atoms with Crippen molar-refractivity contribution in [1.82, 2.24) is 34.3 Å². The highest BCUT2D eigenvalue weighted by Gasteiger charge is 2.32. The maximum Gasteiger partial charge on any atom is 0.258 e. The molecule has 0 radical (unpaired) electrons. The van der Waals surface area contributed by atoms with E-state index in [0.29, 0.717) is 29.3 Å². The Morgan fingerprint density at radius 3 is 2.77 bits per heavy atom. The number of nitrogens with zero attached hydrogens (tertiary/aromatic N) is 7. The summed E-state index contributed by atoms with van der Waals surface area (Å²) in [5.41, 5.74) is 2.81. The number of aryl methyl sites for hydroxylation is 1. The zero-order valence-electron chi connectivity index (χ0n) is 17.4. The minimum Gasteiger partial charge on any atom is -0.470 e. The fourth-order valence-electron chi connectivity index (χ4n) is 4.04. The number of fused-ring (bicyclic) bond motifs is 1. The molecule has 9 nitrogen and oxygen atoms in total. The molecule has 1 amide bonds. The fourth-order valence-corrected chi connectivity index (χ4v) is 4.04. The van der Waals surface area contributed by atoms with Gasteiger partial charge in [0.05, 0.1) is 35.9 Å². The minimum atomic E-state index is -0.161. The number of carbonyl (C=O) groups excluding carboxylic acids is 1.